The predicted octanol–water partition coefficient (Wildman–Crippen LogP) is 4.48. The first-order valence-corrected chi connectivity index (χ1v) is 9.45. The molecule has 1 amide bonds. The lowest BCUT2D eigenvalue weighted by molar-refractivity contribution is 0.0986. The summed E-state index contributed by atoms with van der Waals surface area (Å²) in [7, 11) is 3.92. The van der Waals surface area contributed by atoms with Gasteiger partial charge < -0.3 is 4.90 Å². The van der Waals surface area contributed by atoms with Crippen LogP contribution < -0.4 is 4.90 Å². The van der Waals surface area contributed by atoms with Gasteiger partial charge in [-0.2, -0.15) is 0 Å². The molecule has 0 saturated heterocycles. The molecule has 0 radical (unpaired) electrons. The topological polar surface area (TPSA) is 36.4 Å². The van der Waals surface area contributed by atoms with Gasteiger partial charge in [-0.1, -0.05) is 29.0 Å². The molecular formula is C20H21F2N3OS. The van der Waals surface area contributed by atoms with Crippen LogP contribution in [0.1, 0.15) is 22.3 Å². The minimum absolute atomic E-state index is 0.0886. The quantitative estimate of drug-likeness (QED) is 0.624. The molecule has 4 nitrogen and oxygen atoms in total. The maximum Gasteiger partial charge on any atom is 0.260 e. The van der Waals surface area contributed by atoms with Crippen LogP contribution in [0.5, 0.6) is 0 Å². The second kappa shape index (κ2) is 8.10. The second-order valence-electron chi connectivity index (χ2n) is 6.71. The van der Waals surface area contributed by atoms with Crippen molar-refractivity contribution in [2.24, 2.45) is 0 Å². The number of carbonyl (C=O) groups excluding carboxylic acids is 1. The molecule has 7 heteroatoms. The van der Waals surface area contributed by atoms with E-state index < -0.39 is 11.6 Å². The molecule has 1 heterocycles. The summed E-state index contributed by atoms with van der Waals surface area (Å²) in [5.41, 5.74) is 1.69. The molecule has 27 heavy (non-hydrogen) atoms. The van der Waals surface area contributed by atoms with Gasteiger partial charge in [0.15, 0.2) is 10.9 Å². The fraction of sp³-hybridized carbons (Fsp3) is 0.300. The molecule has 1 aromatic heterocycles. The van der Waals surface area contributed by atoms with Crippen LogP contribution in [0.25, 0.3) is 10.2 Å². The van der Waals surface area contributed by atoms with E-state index in [2.05, 4.69) is 4.98 Å². The monoisotopic (exact) mass is 389 g/mol. The van der Waals surface area contributed by atoms with Crippen molar-refractivity contribution >= 4 is 32.6 Å². The van der Waals surface area contributed by atoms with Crippen molar-refractivity contribution in [2.45, 2.75) is 13.3 Å². The van der Waals surface area contributed by atoms with Gasteiger partial charge in [0.05, 0.1) is 4.70 Å². The Balaban J connectivity index is 1.97. The van der Waals surface area contributed by atoms with Crippen molar-refractivity contribution in [2.75, 3.05) is 32.1 Å². The standard InChI is InChI=1S/C20H21F2N3OS/c1-13-5-7-14(8-6-13)19(26)25(10-4-9-24(2)3)20-23-18-16(22)11-15(21)12-17(18)27-20/h5-8,11-12H,4,9-10H2,1-3H3. The number of rotatable bonds is 6. The summed E-state index contributed by atoms with van der Waals surface area (Å²) in [4.78, 5) is 20.9. The normalized spacial score (nSPS) is 11.3. The van der Waals surface area contributed by atoms with Gasteiger partial charge in [0, 0.05) is 18.2 Å². The Bertz CT molecular complexity index is 954. The zero-order chi connectivity index (χ0) is 19.6. The van der Waals surface area contributed by atoms with Crippen LogP contribution in [0, 0.1) is 18.6 Å². The number of benzene rings is 2. The van der Waals surface area contributed by atoms with Crippen LogP contribution in [0.15, 0.2) is 36.4 Å². The predicted molar refractivity (Wildman–Crippen MR) is 106 cm³/mol. The van der Waals surface area contributed by atoms with Crippen molar-refractivity contribution in [3.8, 4) is 0 Å². The molecule has 0 unspecified atom stereocenters. The number of anilines is 1. The average molecular weight is 389 g/mol. The summed E-state index contributed by atoms with van der Waals surface area (Å²) >= 11 is 1.12. The molecule has 0 saturated carbocycles. The van der Waals surface area contributed by atoms with Crippen LogP contribution in [-0.4, -0.2) is 43.0 Å². The van der Waals surface area contributed by atoms with Gasteiger partial charge in [-0.25, -0.2) is 13.8 Å². The van der Waals surface area contributed by atoms with Gasteiger partial charge in [0.1, 0.15) is 11.3 Å². The van der Waals surface area contributed by atoms with Crippen molar-refractivity contribution in [1.29, 1.82) is 0 Å². The van der Waals surface area contributed by atoms with Crippen molar-refractivity contribution in [3.05, 3.63) is 59.2 Å². The average Bonchev–Trinajstić information content (AvgIpc) is 3.02. The van der Waals surface area contributed by atoms with E-state index in [-0.39, 0.29) is 11.4 Å². The number of aryl methyl sites for hydroxylation is 1. The van der Waals surface area contributed by atoms with Gasteiger partial charge in [-0.15, -0.1) is 0 Å². The number of nitrogens with zero attached hydrogens (tertiary/aromatic N) is 3. The molecule has 0 spiro atoms. The van der Waals surface area contributed by atoms with Crippen LogP contribution >= 0.6 is 11.3 Å². The van der Waals surface area contributed by atoms with Crippen LogP contribution in [0.3, 0.4) is 0 Å². The van der Waals surface area contributed by atoms with E-state index in [4.69, 9.17) is 0 Å². The lowest BCUT2D eigenvalue weighted by Crippen LogP contribution is -2.33. The largest absolute Gasteiger partial charge is 0.309 e. The maximum atomic E-state index is 14.0. The van der Waals surface area contributed by atoms with E-state index >= 15 is 0 Å². The maximum absolute atomic E-state index is 14.0. The molecule has 0 bridgehead atoms. The number of thiazole rings is 1. The van der Waals surface area contributed by atoms with E-state index in [0.717, 1.165) is 35.9 Å². The van der Waals surface area contributed by atoms with E-state index in [1.165, 1.54) is 6.07 Å². The number of hydrogen-bond acceptors (Lipinski definition) is 4. The third kappa shape index (κ3) is 4.48. The molecule has 0 aliphatic carbocycles. The van der Waals surface area contributed by atoms with Crippen molar-refractivity contribution in [1.82, 2.24) is 9.88 Å². The van der Waals surface area contributed by atoms with Crippen LogP contribution in [0.4, 0.5) is 13.9 Å². The Morgan fingerprint density at radius 3 is 2.48 bits per heavy atom. The molecule has 142 valence electrons. The first-order chi connectivity index (χ1) is 12.8. The van der Waals surface area contributed by atoms with E-state index in [1.54, 1.807) is 17.0 Å². The highest BCUT2D eigenvalue weighted by Crippen LogP contribution is 2.32. The van der Waals surface area contributed by atoms with Gasteiger partial charge in [-0.3, -0.25) is 9.69 Å². The molecule has 0 N–H and O–H groups in total. The Morgan fingerprint density at radius 2 is 1.81 bits per heavy atom. The van der Waals surface area contributed by atoms with E-state index in [1.807, 2.05) is 38.1 Å². The molecule has 0 aliphatic heterocycles. The Morgan fingerprint density at radius 1 is 1.11 bits per heavy atom. The van der Waals surface area contributed by atoms with Crippen LogP contribution in [-0.2, 0) is 0 Å². The number of halogens is 2. The van der Waals surface area contributed by atoms with Crippen molar-refractivity contribution < 1.29 is 13.6 Å². The molecule has 3 aromatic rings. The third-order valence-corrected chi connectivity index (χ3v) is 5.19. The third-order valence-electron chi connectivity index (χ3n) is 4.16. The number of fused-ring (bicyclic) bond motifs is 1. The minimum atomic E-state index is -0.719. The smallest absolute Gasteiger partial charge is 0.260 e. The highest BCUT2D eigenvalue weighted by Gasteiger charge is 2.22. The summed E-state index contributed by atoms with van der Waals surface area (Å²) in [6.07, 6.45) is 0.734. The van der Waals surface area contributed by atoms with Crippen LogP contribution in [0.2, 0.25) is 0 Å². The highest BCUT2D eigenvalue weighted by molar-refractivity contribution is 7.22. The Kier molecular flexibility index (Phi) is 5.82. The summed E-state index contributed by atoms with van der Waals surface area (Å²) in [5.74, 6) is -1.57. The fourth-order valence-corrected chi connectivity index (χ4v) is 3.77. The Hall–Kier alpha value is -2.38. The summed E-state index contributed by atoms with van der Waals surface area (Å²) in [6.45, 7) is 3.19. The van der Waals surface area contributed by atoms with Gasteiger partial charge in [0.2, 0.25) is 0 Å². The number of aromatic nitrogens is 1. The number of carbonyl (C=O) groups is 1. The summed E-state index contributed by atoms with van der Waals surface area (Å²) in [5, 5.41) is 0.374. The second-order valence-corrected chi connectivity index (χ2v) is 7.72. The van der Waals surface area contributed by atoms with Gasteiger partial charge in [-0.05, 0) is 52.2 Å². The minimum Gasteiger partial charge on any atom is -0.309 e. The zero-order valence-electron chi connectivity index (χ0n) is 15.5. The highest BCUT2D eigenvalue weighted by atomic mass is 32.1. The number of amides is 1. The van der Waals surface area contributed by atoms with Gasteiger partial charge >= 0.3 is 0 Å². The molecule has 2 aromatic carbocycles. The fourth-order valence-electron chi connectivity index (χ4n) is 2.74. The molecule has 3 rings (SSSR count). The first kappa shape index (κ1) is 19.4. The molecule has 0 aliphatic rings. The van der Waals surface area contributed by atoms with E-state index in [9.17, 15) is 13.6 Å². The lowest BCUT2D eigenvalue weighted by Gasteiger charge is -2.21. The SMILES string of the molecule is Cc1ccc(C(=O)N(CCCN(C)C)c2nc3c(F)cc(F)cc3s2)cc1. The lowest BCUT2D eigenvalue weighted by atomic mass is 10.1. The summed E-state index contributed by atoms with van der Waals surface area (Å²) < 4.78 is 27.9. The number of hydrogen-bond donors (Lipinski definition) is 0. The zero-order valence-corrected chi connectivity index (χ0v) is 16.3. The Labute approximate surface area is 161 Å². The molecule has 0 fully saturated rings. The summed E-state index contributed by atoms with van der Waals surface area (Å²) in [6, 6.07) is 9.34. The van der Waals surface area contributed by atoms with Crippen molar-refractivity contribution in [3.63, 3.8) is 0 Å². The molecule has 0 atom stereocenters. The van der Waals surface area contributed by atoms with E-state index in [0.29, 0.717) is 21.9 Å². The molecular weight excluding hydrogens is 368 g/mol. The first-order valence-electron chi connectivity index (χ1n) is 8.64. The van der Waals surface area contributed by atoms with Gasteiger partial charge in [0.25, 0.3) is 5.91 Å².